The molecule has 1 aliphatic rings. The van der Waals surface area contributed by atoms with E-state index in [9.17, 15) is 4.79 Å². The van der Waals surface area contributed by atoms with Gasteiger partial charge >= 0.3 is 0 Å². The highest BCUT2D eigenvalue weighted by Crippen LogP contribution is 2.36. The molecule has 0 bridgehead atoms. The Morgan fingerprint density at radius 3 is 2.63 bits per heavy atom. The molecule has 1 aromatic carbocycles. The Balaban J connectivity index is 1.85. The zero-order valence-corrected chi connectivity index (χ0v) is 23.2. The van der Waals surface area contributed by atoms with Crippen LogP contribution in [0.1, 0.15) is 83.3 Å². The average molecular weight is 502 g/mol. The number of unbranched alkanes of at least 4 members (excludes halogenated alkanes) is 6. The lowest BCUT2D eigenvalue weighted by Crippen LogP contribution is -2.51. The first-order valence-corrected chi connectivity index (χ1v) is 15.0. The molecule has 0 aliphatic carbocycles. The largest absolute Gasteiger partial charge is 0.396 e. The number of aromatic amines is 1. The molecule has 0 saturated carbocycles. The van der Waals surface area contributed by atoms with Gasteiger partial charge in [-0.2, -0.15) is 11.8 Å². The summed E-state index contributed by atoms with van der Waals surface area (Å²) in [4.78, 5) is 19.3. The number of carbonyl (C=O) groups excluding carboxylic acids is 1. The van der Waals surface area contributed by atoms with Gasteiger partial charge in [0.05, 0.1) is 5.52 Å². The van der Waals surface area contributed by atoms with Crippen molar-refractivity contribution in [2.45, 2.75) is 97.1 Å². The van der Waals surface area contributed by atoms with Gasteiger partial charge < -0.3 is 20.3 Å². The fraction of sp³-hybridized carbons (Fsp3) is 0.690. The van der Waals surface area contributed by atoms with E-state index in [1.54, 1.807) is 0 Å². The van der Waals surface area contributed by atoms with Gasteiger partial charge in [0.25, 0.3) is 0 Å². The number of aryl methyl sites for hydroxylation is 1. The molecule has 0 unspecified atom stereocenters. The number of amides is 1. The molecule has 0 saturated heterocycles. The topological polar surface area (TPSA) is 68.4 Å². The molecular weight excluding hydrogens is 454 g/mol. The molecule has 0 spiro atoms. The summed E-state index contributed by atoms with van der Waals surface area (Å²) in [5, 5.41) is 13.7. The van der Waals surface area contributed by atoms with Crippen molar-refractivity contribution >= 4 is 34.3 Å². The van der Waals surface area contributed by atoms with E-state index < -0.39 is 0 Å². The van der Waals surface area contributed by atoms with Crippen LogP contribution in [0, 0.1) is 5.92 Å². The SMILES string of the molecule is CCCCCCCCc1ccc2c3c(c[nH]c13)C[C@@H](CSCCCCO)NC(=O)[C@H](C(C)C)N2C. The maximum atomic E-state index is 13.4. The maximum Gasteiger partial charge on any atom is 0.243 e. The molecule has 6 heteroatoms. The van der Waals surface area contributed by atoms with Gasteiger partial charge in [-0.3, -0.25) is 4.79 Å². The van der Waals surface area contributed by atoms with Gasteiger partial charge in [0.15, 0.2) is 0 Å². The lowest BCUT2D eigenvalue weighted by atomic mass is 9.97. The molecule has 1 aliphatic heterocycles. The number of likely N-dealkylation sites (N-methyl/N-ethyl adjacent to an activating group) is 1. The van der Waals surface area contributed by atoms with Gasteiger partial charge in [0.1, 0.15) is 6.04 Å². The number of hydrogen-bond donors (Lipinski definition) is 3. The van der Waals surface area contributed by atoms with E-state index in [2.05, 4.69) is 61.3 Å². The number of aliphatic hydroxyl groups excluding tert-OH is 1. The number of aliphatic hydroxyl groups is 1. The summed E-state index contributed by atoms with van der Waals surface area (Å²) in [6, 6.07) is 4.43. The van der Waals surface area contributed by atoms with Crippen molar-refractivity contribution in [3.05, 3.63) is 29.5 Å². The van der Waals surface area contributed by atoms with E-state index in [-0.39, 0.29) is 30.5 Å². The van der Waals surface area contributed by atoms with E-state index in [1.807, 2.05) is 11.8 Å². The summed E-state index contributed by atoms with van der Waals surface area (Å²) in [5.74, 6) is 2.24. The minimum Gasteiger partial charge on any atom is -0.396 e. The Labute approximate surface area is 216 Å². The number of thioether (sulfide) groups is 1. The monoisotopic (exact) mass is 501 g/mol. The first-order chi connectivity index (χ1) is 17.0. The fourth-order valence-corrected chi connectivity index (χ4v) is 6.50. The molecule has 2 aromatic rings. The highest BCUT2D eigenvalue weighted by molar-refractivity contribution is 7.99. The normalized spacial score (nSPS) is 18.6. The van der Waals surface area contributed by atoms with Crippen LogP contribution in [-0.2, 0) is 17.6 Å². The number of anilines is 1. The fourth-order valence-electron chi connectivity index (χ4n) is 5.44. The number of aromatic nitrogens is 1. The van der Waals surface area contributed by atoms with Crippen LogP contribution in [0.15, 0.2) is 18.3 Å². The number of hydrogen-bond acceptors (Lipinski definition) is 4. The highest BCUT2D eigenvalue weighted by Gasteiger charge is 2.32. The Kier molecular flexibility index (Phi) is 11.3. The third kappa shape index (κ3) is 7.42. The van der Waals surface area contributed by atoms with Crippen molar-refractivity contribution in [1.29, 1.82) is 0 Å². The van der Waals surface area contributed by atoms with Crippen LogP contribution in [-0.4, -0.2) is 53.2 Å². The molecule has 2 heterocycles. The zero-order valence-electron chi connectivity index (χ0n) is 22.4. The summed E-state index contributed by atoms with van der Waals surface area (Å²) in [6.07, 6.45) is 13.8. The molecule has 1 amide bonds. The van der Waals surface area contributed by atoms with Crippen molar-refractivity contribution in [3.8, 4) is 0 Å². The predicted octanol–water partition coefficient (Wildman–Crippen LogP) is 6.08. The van der Waals surface area contributed by atoms with Crippen molar-refractivity contribution in [2.75, 3.05) is 30.1 Å². The summed E-state index contributed by atoms with van der Waals surface area (Å²) in [6.45, 7) is 6.80. The third-order valence-corrected chi connectivity index (χ3v) is 8.52. The van der Waals surface area contributed by atoms with Gasteiger partial charge in [0, 0.05) is 42.7 Å². The molecule has 2 atom stereocenters. The van der Waals surface area contributed by atoms with Crippen molar-refractivity contribution in [1.82, 2.24) is 10.3 Å². The first-order valence-electron chi connectivity index (χ1n) is 13.8. The minimum absolute atomic E-state index is 0.100. The Morgan fingerprint density at radius 2 is 1.89 bits per heavy atom. The van der Waals surface area contributed by atoms with E-state index in [1.165, 1.54) is 60.6 Å². The smallest absolute Gasteiger partial charge is 0.243 e. The summed E-state index contributed by atoms with van der Waals surface area (Å²) in [5.41, 5.74) is 5.11. The van der Waals surface area contributed by atoms with E-state index in [0.29, 0.717) is 0 Å². The summed E-state index contributed by atoms with van der Waals surface area (Å²) in [7, 11) is 2.08. The van der Waals surface area contributed by atoms with Gasteiger partial charge in [-0.05, 0) is 61.0 Å². The molecular formula is C29H47N3O2S. The van der Waals surface area contributed by atoms with Crippen LogP contribution in [0.4, 0.5) is 5.69 Å². The number of nitrogens with one attached hydrogen (secondary N) is 2. The maximum absolute atomic E-state index is 13.4. The quantitative estimate of drug-likeness (QED) is 0.275. The highest BCUT2D eigenvalue weighted by atomic mass is 32.2. The minimum atomic E-state index is -0.203. The van der Waals surface area contributed by atoms with Crippen molar-refractivity contribution in [2.24, 2.45) is 5.92 Å². The average Bonchev–Trinajstić information content (AvgIpc) is 3.25. The second kappa shape index (κ2) is 14.2. The van der Waals surface area contributed by atoms with Crippen LogP contribution in [0.2, 0.25) is 0 Å². The van der Waals surface area contributed by atoms with Gasteiger partial charge in [0.2, 0.25) is 5.91 Å². The molecule has 0 fully saturated rings. The van der Waals surface area contributed by atoms with Crippen LogP contribution in [0.5, 0.6) is 0 Å². The lowest BCUT2D eigenvalue weighted by Gasteiger charge is -2.33. The van der Waals surface area contributed by atoms with Crippen molar-refractivity contribution < 1.29 is 9.90 Å². The van der Waals surface area contributed by atoms with E-state index in [4.69, 9.17) is 5.11 Å². The molecule has 5 nitrogen and oxygen atoms in total. The summed E-state index contributed by atoms with van der Waals surface area (Å²) < 4.78 is 0. The van der Waals surface area contributed by atoms with Crippen LogP contribution >= 0.6 is 11.8 Å². The number of rotatable bonds is 14. The van der Waals surface area contributed by atoms with Gasteiger partial charge in [-0.15, -0.1) is 0 Å². The second-order valence-corrected chi connectivity index (χ2v) is 11.7. The molecule has 3 rings (SSSR count). The second-order valence-electron chi connectivity index (χ2n) is 10.5. The molecule has 1 aromatic heterocycles. The van der Waals surface area contributed by atoms with Crippen LogP contribution in [0.3, 0.4) is 0 Å². The Bertz CT molecular complexity index is 926. The summed E-state index contributed by atoms with van der Waals surface area (Å²) >= 11 is 1.88. The molecule has 196 valence electrons. The molecule has 0 radical (unpaired) electrons. The number of benzene rings is 1. The van der Waals surface area contributed by atoms with Gasteiger partial charge in [-0.25, -0.2) is 0 Å². The van der Waals surface area contributed by atoms with Gasteiger partial charge in [-0.1, -0.05) is 58.9 Å². The zero-order chi connectivity index (χ0) is 25.2. The van der Waals surface area contributed by atoms with E-state index in [0.717, 1.165) is 42.9 Å². The van der Waals surface area contributed by atoms with E-state index >= 15 is 0 Å². The van der Waals surface area contributed by atoms with Crippen LogP contribution in [0.25, 0.3) is 10.9 Å². The van der Waals surface area contributed by atoms with Crippen molar-refractivity contribution in [3.63, 3.8) is 0 Å². The number of carbonyl (C=O) groups is 1. The third-order valence-electron chi connectivity index (χ3n) is 7.31. The van der Waals surface area contributed by atoms with Crippen LogP contribution < -0.4 is 10.2 Å². The Morgan fingerprint density at radius 1 is 1.11 bits per heavy atom. The molecule has 35 heavy (non-hydrogen) atoms. The number of H-pyrrole nitrogens is 1. The predicted molar refractivity (Wildman–Crippen MR) is 152 cm³/mol. The number of nitrogens with zero attached hydrogens (tertiary/aromatic N) is 1. The Hall–Kier alpha value is -1.66. The standard InChI is InChI=1S/C29H47N3O2S/c1-5-6-7-8-9-10-13-22-14-15-25-26-23(19-30-27(22)26)18-24(20-35-17-12-11-16-33)31-29(34)28(21(2)3)32(25)4/h14-15,19,21,24,28,30,33H,5-13,16-18,20H2,1-4H3,(H,31,34)/t24-,28-/m0/s1. The first kappa shape index (κ1) is 27.9. The lowest BCUT2D eigenvalue weighted by molar-refractivity contribution is -0.123. The molecule has 3 N–H and O–H groups in total.